The average molecular weight is 421 g/mol. The molecule has 0 aliphatic rings. The Kier molecular flexibility index (Phi) is 5.89. The van der Waals surface area contributed by atoms with Crippen LogP contribution in [0, 0.1) is 0 Å². The van der Waals surface area contributed by atoms with Crippen LogP contribution in [0.15, 0.2) is 84.2 Å². The van der Waals surface area contributed by atoms with Gasteiger partial charge in [0.1, 0.15) is 10.8 Å². The van der Waals surface area contributed by atoms with E-state index in [1.165, 1.54) is 11.3 Å². The monoisotopic (exact) mass is 420 g/mol. The normalized spacial score (nSPS) is 10.5. The van der Waals surface area contributed by atoms with Gasteiger partial charge >= 0.3 is 0 Å². The van der Waals surface area contributed by atoms with Crippen molar-refractivity contribution in [2.45, 2.75) is 6.42 Å². The van der Waals surface area contributed by atoms with Crippen molar-refractivity contribution in [1.82, 2.24) is 4.98 Å². The Morgan fingerprint density at radius 2 is 1.62 bits per heavy atom. The number of carbonyl (C=O) groups excluding carboxylic acids is 1. The average Bonchev–Trinajstić information content (AvgIpc) is 3.20. The molecule has 4 nitrogen and oxygen atoms in total. The third-order valence-electron chi connectivity index (χ3n) is 4.13. The van der Waals surface area contributed by atoms with Gasteiger partial charge in [-0.2, -0.15) is 0 Å². The number of halogens is 1. The van der Waals surface area contributed by atoms with Gasteiger partial charge in [0.15, 0.2) is 5.75 Å². The van der Waals surface area contributed by atoms with E-state index < -0.39 is 0 Å². The number of hydrogen-bond donors (Lipinski definition) is 1. The van der Waals surface area contributed by atoms with Crippen LogP contribution in [0.3, 0.4) is 0 Å². The summed E-state index contributed by atoms with van der Waals surface area (Å²) in [4.78, 5) is 17.1. The van der Waals surface area contributed by atoms with Crippen LogP contribution < -0.4 is 10.1 Å². The summed E-state index contributed by atoms with van der Waals surface area (Å²) in [6, 6.07) is 24.4. The number of nitrogens with one attached hydrogen (secondary N) is 1. The number of ether oxygens (including phenoxy) is 1. The minimum absolute atomic E-state index is 0.162. The Balaban J connectivity index is 1.45. The molecule has 1 amide bonds. The van der Waals surface area contributed by atoms with Crippen molar-refractivity contribution in [2.24, 2.45) is 0 Å². The Morgan fingerprint density at radius 3 is 2.41 bits per heavy atom. The topological polar surface area (TPSA) is 51.2 Å². The number of carbonyl (C=O) groups is 1. The van der Waals surface area contributed by atoms with Gasteiger partial charge in [-0.3, -0.25) is 4.79 Å². The molecule has 0 bridgehead atoms. The Bertz CT molecular complexity index is 1130. The molecule has 0 fully saturated rings. The van der Waals surface area contributed by atoms with Gasteiger partial charge < -0.3 is 10.1 Å². The molecule has 0 spiro atoms. The molecule has 0 atom stereocenters. The van der Waals surface area contributed by atoms with E-state index in [0.717, 1.165) is 16.3 Å². The molecular weight excluding hydrogens is 404 g/mol. The van der Waals surface area contributed by atoms with Crippen LogP contribution in [-0.2, 0) is 11.2 Å². The molecule has 3 aromatic carbocycles. The van der Waals surface area contributed by atoms with Crippen molar-refractivity contribution in [1.29, 1.82) is 0 Å². The predicted molar refractivity (Wildman–Crippen MR) is 118 cm³/mol. The Hall–Kier alpha value is -3.15. The fourth-order valence-corrected chi connectivity index (χ4v) is 3.77. The number of thiazole rings is 1. The van der Waals surface area contributed by atoms with E-state index in [4.69, 9.17) is 16.3 Å². The molecule has 4 aromatic rings. The zero-order valence-electron chi connectivity index (χ0n) is 15.3. The summed E-state index contributed by atoms with van der Waals surface area (Å²) in [5.41, 5.74) is 2.36. The van der Waals surface area contributed by atoms with Crippen molar-refractivity contribution in [3.8, 4) is 22.1 Å². The van der Waals surface area contributed by atoms with E-state index in [-0.39, 0.29) is 12.3 Å². The lowest BCUT2D eigenvalue weighted by atomic mass is 10.2. The molecule has 0 unspecified atom stereocenters. The highest BCUT2D eigenvalue weighted by Gasteiger charge is 2.12. The molecule has 0 saturated carbocycles. The molecule has 0 aliphatic carbocycles. The van der Waals surface area contributed by atoms with E-state index in [2.05, 4.69) is 10.3 Å². The molecule has 0 radical (unpaired) electrons. The summed E-state index contributed by atoms with van der Waals surface area (Å²) in [7, 11) is 0. The molecule has 1 N–H and O–H groups in total. The molecule has 0 aliphatic heterocycles. The van der Waals surface area contributed by atoms with Crippen molar-refractivity contribution in [3.63, 3.8) is 0 Å². The smallest absolute Gasteiger partial charge is 0.230 e. The number of rotatable bonds is 6. The van der Waals surface area contributed by atoms with Crippen molar-refractivity contribution >= 4 is 34.5 Å². The van der Waals surface area contributed by atoms with Crippen LogP contribution in [-0.4, -0.2) is 10.9 Å². The summed E-state index contributed by atoms with van der Waals surface area (Å²) in [6.45, 7) is 0. The van der Waals surface area contributed by atoms with Crippen LogP contribution in [0.4, 0.5) is 5.69 Å². The van der Waals surface area contributed by atoms with E-state index in [1.54, 1.807) is 24.3 Å². The van der Waals surface area contributed by atoms with Gasteiger partial charge in [0.25, 0.3) is 0 Å². The summed E-state index contributed by atoms with van der Waals surface area (Å²) >= 11 is 7.70. The van der Waals surface area contributed by atoms with Crippen LogP contribution in [0.2, 0.25) is 5.02 Å². The van der Waals surface area contributed by atoms with Crippen molar-refractivity contribution < 1.29 is 9.53 Å². The Labute approximate surface area is 177 Å². The van der Waals surface area contributed by atoms with Gasteiger partial charge in [-0.15, -0.1) is 11.3 Å². The van der Waals surface area contributed by atoms with Gasteiger partial charge in [-0.1, -0.05) is 66.2 Å². The molecule has 0 saturated heterocycles. The maximum Gasteiger partial charge on any atom is 0.230 e. The quantitative estimate of drug-likeness (QED) is 0.390. The SMILES string of the molecule is O=C(Cc1csc(-c2ccccc2)n1)Nc1ccccc1Oc1ccccc1Cl. The molecule has 1 aromatic heterocycles. The van der Waals surface area contributed by atoms with Crippen LogP contribution >= 0.6 is 22.9 Å². The summed E-state index contributed by atoms with van der Waals surface area (Å²) in [6.07, 6.45) is 0.184. The fourth-order valence-electron chi connectivity index (χ4n) is 2.77. The van der Waals surface area contributed by atoms with E-state index in [9.17, 15) is 4.79 Å². The van der Waals surface area contributed by atoms with Gasteiger partial charge in [0.05, 0.1) is 22.8 Å². The predicted octanol–water partition coefficient (Wildman–Crippen LogP) is 6.44. The third kappa shape index (κ3) is 4.83. The van der Waals surface area contributed by atoms with E-state index >= 15 is 0 Å². The second kappa shape index (κ2) is 8.90. The summed E-state index contributed by atoms with van der Waals surface area (Å²) in [5.74, 6) is 0.894. The first-order valence-corrected chi connectivity index (χ1v) is 10.3. The van der Waals surface area contributed by atoms with Crippen LogP contribution in [0.1, 0.15) is 5.69 Å². The standard InChI is InChI=1S/C23H17ClN2O2S/c24-18-10-4-6-12-20(18)28-21-13-7-5-11-19(21)26-22(27)14-17-15-29-23(25-17)16-8-2-1-3-9-16/h1-13,15H,14H2,(H,26,27). The van der Waals surface area contributed by atoms with Crippen LogP contribution in [0.25, 0.3) is 10.6 Å². The number of nitrogens with zero attached hydrogens (tertiary/aromatic N) is 1. The largest absolute Gasteiger partial charge is 0.454 e. The van der Waals surface area contributed by atoms with Gasteiger partial charge in [-0.05, 0) is 24.3 Å². The lowest BCUT2D eigenvalue weighted by Gasteiger charge is -2.12. The van der Waals surface area contributed by atoms with Gasteiger partial charge in [-0.25, -0.2) is 4.98 Å². The molecule has 29 heavy (non-hydrogen) atoms. The number of anilines is 1. The third-order valence-corrected chi connectivity index (χ3v) is 5.38. The minimum atomic E-state index is -0.162. The zero-order valence-corrected chi connectivity index (χ0v) is 16.9. The highest BCUT2D eigenvalue weighted by Crippen LogP contribution is 2.33. The molecule has 6 heteroatoms. The maximum atomic E-state index is 12.6. The number of aromatic nitrogens is 1. The first-order chi connectivity index (χ1) is 14.2. The highest BCUT2D eigenvalue weighted by atomic mass is 35.5. The molecule has 144 valence electrons. The zero-order chi connectivity index (χ0) is 20.1. The molecule has 4 rings (SSSR count). The fraction of sp³-hybridized carbons (Fsp3) is 0.0435. The van der Waals surface area contributed by atoms with Gasteiger partial charge in [0, 0.05) is 10.9 Å². The van der Waals surface area contributed by atoms with E-state index in [0.29, 0.717) is 22.2 Å². The Morgan fingerprint density at radius 1 is 0.931 bits per heavy atom. The lowest BCUT2D eigenvalue weighted by molar-refractivity contribution is -0.115. The first-order valence-electron chi connectivity index (χ1n) is 9.00. The second-order valence-electron chi connectivity index (χ2n) is 6.26. The van der Waals surface area contributed by atoms with Crippen molar-refractivity contribution in [2.75, 3.05) is 5.32 Å². The lowest BCUT2D eigenvalue weighted by Crippen LogP contribution is -2.15. The minimum Gasteiger partial charge on any atom is -0.454 e. The maximum absolute atomic E-state index is 12.6. The number of benzene rings is 3. The molecular formula is C23H17ClN2O2S. The second-order valence-corrected chi connectivity index (χ2v) is 7.53. The van der Waals surface area contributed by atoms with Crippen molar-refractivity contribution in [3.05, 3.63) is 95.0 Å². The number of hydrogen-bond acceptors (Lipinski definition) is 4. The highest BCUT2D eigenvalue weighted by molar-refractivity contribution is 7.13. The summed E-state index contributed by atoms with van der Waals surface area (Å²) < 4.78 is 5.89. The summed E-state index contributed by atoms with van der Waals surface area (Å²) in [5, 5.41) is 6.22. The van der Waals surface area contributed by atoms with Gasteiger partial charge in [0.2, 0.25) is 5.91 Å². The number of para-hydroxylation sites is 3. The number of amides is 1. The van der Waals surface area contributed by atoms with Crippen LogP contribution in [0.5, 0.6) is 11.5 Å². The molecule has 1 heterocycles. The first kappa shape index (κ1) is 19.2. The van der Waals surface area contributed by atoms with E-state index in [1.807, 2.05) is 60.0 Å².